The van der Waals surface area contributed by atoms with Crippen LogP contribution in [-0.2, 0) is 6.42 Å². The Balaban J connectivity index is 1.59. The normalized spacial score (nSPS) is 15.6. The minimum atomic E-state index is 0.827. The maximum absolute atomic E-state index is 4.41. The molecule has 3 rings (SSSR count). The maximum atomic E-state index is 4.41. The van der Waals surface area contributed by atoms with Crippen LogP contribution < -0.4 is 5.32 Å². The minimum Gasteiger partial charge on any atom is -0.342 e. The first-order valence-electron chi connectivity index (χ1n) is 6.50. The first-order chi connectivity index (χ1) is 8.31. The topological polar surface area (TPSA) is 40.7 Å². The van der Waals surface area contributed by atoms with Gasteiger partial charge < -0.3 is 10.3 Å². The van der Waals surface area contributed by atoms with Gasteiger partial charge in [0, 0.05) is 6.04 Å². The SMILES string of the molecule is Cc1nc2ccc(CCCNC3CC3)cc2[nH]1. The van der Waals surface area contributed by atoms with Crippen molar-refractivity contribution in [2.24, 2.45) is 0 Å². The van der Waals surface area contributed by atoms with Crippen molar-refractivity contribution >= 4 is 11.0 Å². The summed E-state index contributed by atoms with van der Waals surface area (Å²) in [7, 11) is 0. The summed E-state index contributed by atoms with van der Waals surface area (Å²) in [6.07, 6.45) is 5.11. The molecule has 0 unspecified atom stereocenters. The van der Waals surface area contributed by atoms with Crippen LogP contribution in [0.3, 0.4) is 0 Å². The second kappa shape index (κ2) is 4.49. The summed E-state index contributed by atoms with van der Waals surface area (Å²) in [5.41, 5.74) is 3.64. The van der Waals surface area contributed by atoms with Crippen LogP contribution in [0.4, 0.5) is 0 Å². The van der Waals surface area contributed by atoms with Gasteiger partial charge in [-0.05, 0) is 56.8 Å². The molecule has 3 heteroatoms. The fourth-order valence-electron chi connectivity index (χ4n) is 2.23. The van der Waals surface area contributed by atoms with Crippen molar-refractivity contribution in [3.05, 3.63) is 29.6 Å². The Morgan fingerprint density at radius 3 is 3.12 bits per heavy atom. The molecular weight excluding hydrogens is 210 g/mol. The molecule has 0 atom stereocenters. The second-order valence-corrected chi connectivity index (χ2v) is 5.01. The third-order valence-corrected chi connectivity index (χ3v) is 3.32. The molecule has 0 bridgehead atoms. The van der Waals surface area contributed by atoms with Gasteiger partial charge in [0.25, 0.3) is 0 Å². The van der Waals surface area contributed by atoms with Crippen LogP contribution in [-0.4, -0.2) is 22.6 Å². The molecule has 1 aliphatic rings. The molecule has 1 fully saturated rings. The van der Waals surface area contributed by atoms with E-state index in [1.165, 1.54) is 24.8 Å². The van der Waals surface area contributed by atoms with E-state index in [0.717, 1.165) is 35.9 Å². The van der Waals surface area contributed by atoms with E-state index in [4.69, 9.17) is 0 Å². The van der Waals surface area contributed by atoms with E-state index in [2.05, 4.69) is 33.5 Å². The molecule has 17 heavy (non-hydrogen) atoms. The average molecular weight is 229 g/mol. The third kappa shape index (κ3) is 2.67. The summed E-state index contributed by atoms with van der Waals surface area (Å²) >= 11 is 0. The standard InChI is InChI=1S/C14H19N3/c1-10-16-13-7-4-11(9-14(13)17-10)3-2-8-15-12-5-6-12/h4,7,9,12,15H,2-3,5-6,8H2,1H3,(H,16,17). The van der Waals surface area contributed by atoms with Gasteiger partial charge in [-0.3, -0.25) is 0 Å². The fourth-order valence-corrected chi connectivity index (χ4v) is 2.23. The number of benzene rings is 1. The van der Waals surface area contributed by atoms with Crippen LogP contribution in [0.25, 0.3) is 11.0 Å². The first kappa shape index (κ1) is 10.8. The lowest BCUT2D eigenvalue weighted by atomic mass is 10.1. The molecule has 0 spiro atoms. The minimum absolute atomic E-state index is 0.827. The number of fused-ring (bicyclic) bond motifs is 1. The molecule has 1 aromatic carbocycles. The van der Waals surface area contributed by atoms with E-state index >= 15 is 0 Å². The highest BCUT2D eigenvalue weighted by molar-refractivity contribution is 5.75. The van der Waals surface area contributed by atoms with Gasteiger partial charge in [-0.25, -0.2) is 4.98 Å². The lowest BCUT2D eigenvalue weighted by Crippen LogP contribution is -2.17. The number of H-pyrrole nitrogens is 1. The quantitative estimate of drug-likeness (QED) is 0.774. The van der Waals surface area contributed by atoms with Crippen LogP contribution in [0, 0.1) is 6.92 Å². The van der Waals surface area contributed by atoms with Crippen molar-refractivity contribution in [3.63, 3.8) is 0 Å². The highest BCUT2D eigenvalue weighted by atomic mass is 14.9. The zero-order chi connectivity index (χ0) is 11.7. The van der Waals surface area contributed by atoms with Crippen molar-refractivity contribution in [1.82, 2.24) is 15.3 Å². The molecule has 1 aromatic heterocycles. The molecule has 0 aliphatic heterocycles. The van der Waals surface area contributed by atoms with E-state index in [1.54, 1.807) is 0 Å². The number of aromatic amines is 1. The van der Waals surface area contributed by atoms with Gasteiger partial charge in [-0.2, -0.15) is 0 Å². The van der Waals surface area contributed by atoms with Crippen molar-refractivity contribution in [3.8, 4) is 0 Å². The van der Waals surface area contributed by atoms with Crippen LogP contribution in [0.5, 0.6) is 0 Å². The highest BCUT2D eigenvalue weighted by Gasteiger charge is 2.19. The van der Waals surface area contributed by atoms with Crippen LogP contribution in [0.1, 0.15) is 30.7 Å². The lowest BCUT2D eigenvalue weighted by Gasteiger charge is -2.03. The van der Waals surface area contributed by atoms with Crippen molar-refractivity contribution < 1.29 is 0 Å². The lowest BCUT2D eigenvalue weighted by molar-refractivity contribution is 0.646. The molecule has 0 radical (unpaired) electrons. The Morgan fingerprint density at radius 1 is 1.41 bits per heavy atom. The number of hydrogen-bond donors (Lipinski definition) is 2. The Hall–Kier alpha value is -1.35. The Bertz CT molecular complexity index is 511. The van der Waals surface area contributed by atoms with Crippen molar-refractivity contribution in [2.75, 3.05) is 6.54 Å². The molecule has 0 amide bonds. The van der Waals surface area contributed by atoms with Crippen LogP contribution >= 0.6 is 0 Å². The van der Waals surface area contributed by atoms with Gasteiger partial charge >= 0.3 is 0 Å². The average Bonchev–Trinajstić information content (AvgIpc) is 3.05. The summed E-state index contributed by atoms with van der Waals surface area (Å²) < 4.78 is 0. The van der Waals surface area contributed by atoms with E-state index in [9.17, 15) is 0 Å². The monoisotopic (exact) mass is 229 g/mol. The van der Waals surface area contributed by atoms with Gasteiger partial charge in [0.15, 0.2) is 0 Å². The number of nitrogens with zero attached hydrogens (tertiary/aromatic N) is 1. The Labute approximate surface area is 102 Å². The molecule has 3 nitrogen and oxygen atoms in total. The zero-order valence-corrected chi connectivity index (χ0v) is 10.3. The molecular formula is C14H19N3. The summed E-state index contributed by atoms with van der Waals surface area (Å²) in [6.45, 7) is 3.14. The van der Waals surface area contributed by atoms with Gasteiger partial charge in [0.1, 0.15) is 5.82 Å². The van der Waals surface area contributed by atoms with Crippen LogP contribution in [0.2, 0.25) is 0 Å². The van der Waals surface area contributed by atoms with E-state index in [1.807, 2.05) is 6.92 Å². The number of aryl methyl sites for hydroxylation is 2. The summed E-state index contributed by atoms with van der Waals surface area (Å²) in [5, 5.41) is 3.55. The number of nitrogens with one attached hydrogen (secondary N) is 2. The number of imidazole rings is 1. The number of rotatable bonds is 5. The number of aromatic nitrogens is 2. The zero-order valence-electron chi connectivity index (χ0n) is 10.3. The molecule has 1 heterocycles. The predicted octanol–water partition coefficient (Wildman–Crippen LogP) is 2.56. The van der Waals surface area contributed by atoms with E-state index in [-0.39, 0.29) is 0 Å². The van der Waals surface area contributed by atoms with Gasteiger partial charge in [-0.15, -0.1) is 0 Å². The highest BCUT2D eigenvalue weighted by Crippen LogP contribution is 2.18. The fraction of sp³-hybridized carbons (Fsp3) is 0.500. The van der Waals surface area contributed by atoms with E-state index in [0.29, 0.717) is 0 Å². The van der Waals surface area contributed by atoms with Crippen LogP contribution in [0.15, 0.2) is 18.2 Å². The predicted molar refractivity (Wildman–Crippen MR) is 70.2 cm³/mol. The first-order valence-corrected chi connectivity index (χ1v) is 6.50. The molecule has 2 aromatic rings. The summed E-state index contributed by atoms with van der Waals surface area (Å²) in [4.78, 5) is 7.71. The summed E-state index contributed by atoms with van der Waals surface area (Å²) in [5.74, 6) is 0.993. The van der Waals surface area contributed by atoms with Gasteiger partial charge in [0.2, 0.25) is 0 Å². The second-order valence-electron chi connectivity index (χ2n) is 5.01. The molecule has 0 saturated heterocycles. The Kier molecular flexibility index (Phi) is 2.85. The molecule has 1 saturated carbocycles. The summed E-state index contributed by atoms with van der Waals surface area (Å²) in [6, 6.07) is 7.36. The smallest absolute Gasteiger partial charge is 0.104 e. The third-order valence-electron chi connectivity index (χ3n) is 3.32. The van der Waals surface area contributed by atoms with Gasteiger partial charge in [-0.1, -0.05) is 6.07 Å². The number of hydrogen-bond acceptors (Lipinski definition) is 2. The molecule has 90 valence electrons. The van der Waals surface area contributed by atoms with Crippen molar-refractivity contribution in [1.29, 1.82) is 0 Å². The molecule has 1 aliphatic carbocycles. The largest absolute Gasteiger partial charge is 0.342 e. The van der Waals surface area contributed by atoms with E-state index < -0.39 is 0 Å². The van der Waals surface area contributed by atoms with Gasteiger partial charge in [0.05, 0.1) is 11.0 Å². The van der Waals surface area contributed by atoms with Crippen molar-refractivity contribution in [2.45, 2.75) is 38.6 Å². The maximum Gasteiger partial charge on any atom is 0.104 e. The Morgan fingerprint density at radius 2 is 2.29 bits per heavy atom. The molecule has 2 N–H and O–H groups in total.